The Kier molecular flexibility index (Phi) is 5.90. The molecule has 0 heterocycles. The predicted octanol–water partition coefficient (Wildman–Crippen LogP) is 3.95. The zero-order valence-electron chi connectivity index (χ0n) is 18.9. The Bertz CT molecular complexity index is 593. The lowest BCUT2D eigenvalue weighted by molar-refractivity contribution is -0.204. The highest BCUT2D eigenvalue weighted by atomic mass is 16.5. The molecule has 4 heteroatoms. The van der Waals surface area contributed by atoms with E-state index in [9.17, 15) is 20.4 Å². The molecule has 0 radical (unpaired) electrons. The van der Waals surface area contributed by atoms with Crippen LogP contribution in [0.25, 0.3) is 0 Å². The molecule has 0 aromatic rings. The van der Waals surface area contributed by atoms with E-state index in [0.29, 0.717) is 47.8 Å². The van der Waals surface area contributed by atoms with Crippen LogP contribution in [0, 0.1) is 52.3 Å². The lowest BCUT2D eigenvalue weighted by Gasteiger charge is -2.64. The molecule has 0 aliphatic heterocycles. The van der Waals surface area contributed by atoms with Gasteiger partial charge in [-0.25, -0.2) is 0 Å². The summed E-state index contributed by atoms with van der Waals surface area (Å²) in [6.07, 6.45) is 7.37. The number of aliphatic hydroxyl groups excluding tert-OH is 3. The van der Waals surface area contributed by atoms with Gasteiger partial charge in [0, 0.05) is 6.42 Å². The summed E-state index contributed by atoms with van der Waals surface area (Å²) in [5.41, 5.74) is 0.447. The van der Waals surface area contributed by atoms with Crippen LogP contribution in [0.2, 0.25) is 0 Å². The predicted molar refractivity (Wildman–Crippen MR) is 114 cm³/mol. The molecule has 29 heavy (non-hydrogen) atoms. The van der Waals surface area contributed by atoms with E-state index >= 15 is 0 Å². The van der Waals surface area contributed by atoms with Gasteiger partial charge in [-0.15, -0.1) is 0 Å². The average molecular weight is 409 g/mol. The van der Waals surface area contributed by atoms with Gasteiger partial charge in [-0.05, 0) is 97.2 Å². The molecule has 168 valence electrons. The lowest BCUT2D eigenvalue weighted by atomic mass is 9.41. The first-order valence-electron chi connectivity index (χ1n) is 12.4. The van der Waals surface area contributed by atoms with Crippen LogP contribution < -0.4 is 0 Å². The number of hydrogen-bond acceptors (Lipinski definition) is 4. The molecule has 4 aliphatic rings. The first kappa shape index (κ1) is 22.0. The van der Waals surface area contributed by atoms with Crippen molar-refractivity contribution in [1.82, 2.24) is 0 Å². The fourth-order valence-electron chi connectivity index (χ4n) is 9.43. The van der Waals surface area contributed by atoms with E-state index in [2.05, 4.69) is 27.7 Å². The van der Waals surface area contributed by atoms with Crippen molar-refractivity contribution in [2.45, 2.75) is 104 Å². The maximum absolute atomic E-state index is 11.7. The van der Waals surface area contributed by atoms with Crippen molar-refractivity contribution in [2.24, 2.45) is 52.3 Å². The quantitative estimate of drug-likeness (QED) is 0.531. The largest absolute Gasteiger partial charge is 0.393 e. The molecule has 4 saturated carbocycles. The third-order valence-corrected chi connectivity index (χ3v) is 10.7. The van der Waals surface area contributed by atoms with Gasteiger partial charge in [-0.3, -0.25) is 0 Å². The first-order chi connectivity index (χ1) is 13.6. The summed E-state index contributed by atoms with van der Waals surface area (Å²) in [4.78, 5) is 0. The van der Waals surface area contributed by atoms with Crippen LogP contribution in [0.1, 0.15) is 85.5 Å². The highest BCUT2D eigenvalue weighted by molar-refractivity contribution is 5.13. The molecule has 0 saturated heterocycles. The molecule has 0 spiro atoms. The van der Waals surface area contributed by atoms with Gasteiger partial charge in [0.25, 0.3) is 0 Å². The van der Waals surface area contributed by atoms with Crippen molar-refractivity contribution in [3.8, 4) is 0 Å². The Morgan fingerprint density at radius 1 is 0.897 bits per heavy atom. The van der Waals surface area contributed by atoms with Crippen molar-refractivity contribution in [1.29, 1.82) is 0 Å². The van der Waals surface area contributed by atoms with Crippen molar-refractivity contribution in [3.05, 3.63) is 0 Å². The zero-order valence-corrected chi connectivity index (χ0v) is 18.9. The minimum Gasteiger partial charge on any atom is -0.393 e. The van der Waals surface area contributed by atoms with Crippen LogP contribution in [-0.2, 0) is 0 Å². The van der Waals surface area contributed by atoms with Crippen LogP contribution in [0.3, 0.4) is 0 Å². The van der Waals surface area contributed by atoms with Gasteiger partial charge >= 0.3 is 0 Å². The third-order valence-electron chi connectivity index (χ3n) is 10.7. The maximum Gasteiger partial charge on any atom is 0.151 e. The highest BCUT2D eigenvalue weighted by Gasteiger charge is 2.64. The molecule has 11 atom stereocenters. The van der Waals surface area contributed by atoms with Crippen molar-refractivity contribution < 1.29 is 20.4 Å². The average Bonchev–Trinajstić information content (AvgIpc) is 3.00. The van der Waals surface area contributed by atoms with Gasteiger partial charge in [0.2, 0.25) is 0 Å². The number of aliphatic hydroxyl groups is 4. The maximum atomic E-state index is 11.7. The summed E-state index contributed by atoms with van der Waals surface area (Å²) < 4.78 is 0. The third kappa shape index (κ3) is 3.32. The van der Waals surface area contributed by atoms with Gasteiger partial charge in [0.15, 0.2) is 6.29 Å². The smallest absolute Gasteiger partial charge is 0.151 e. The molecule has 4 aliphatic carbocycles. The Morgan fingerprint density at radius 3 is 2.21 bits per heavy atom. The van der Waals surface area contributed by atoms with Gasteiger partial charge in [0.1, 0.15) is 0 Å². The first-order valence-corrected chi connectivity index (χ1v) is 12.4. The van der Waals surface area contributed by atoms with E-state index in [4.69, 9.17) is 0 Å². The monoisotopic (exact) mass is 408 g/mol. The lowest BCUT2D eigenvalue weighted by Crippen LogP contribution is -2.62. The van der Waals surface area contributed by atoms with Crippen molar-refractivity contribution in [3.63, 3.8) is 0 Å². The summed E-state index contributed by atoms with van der Waals surface area (Å²) in [5.74, 6) is 3.03. The van der Waals surface area contributed by atoms with Gasteiger partial charge < -0.3 is 20.4 Å². The Balaban J connectivity index is 1.65. The number of hydrogen-bond donors (Lipinski definition) is 4. The fraction of sp³-hybridized carbons (Fsp3) is 1.00. The SMILES string of the molecule is CC[C@@H]1C2C[C@H](O)CC[C@]2(C)C2CC[C@@]3(C)C(CC[C@@H]3[C@H](C)CC(O)O)C2[C@@H]1O. The standard InChI is InChI=1S/C25H44O4/c1-5-16-20-13-15(26)8-10-25(20,4)19-9-11-24(3)17(14(2)12-21(27)28)6-7-18(24)22(19)23(16)29/h14-23,26-29H,5-13H2,1-4H3/t14-,15-,16-,17-,18?,19?,20?,22?,23-,24-,25-/m1/s1. The summed E-state index contributed by atoms with van der Waals surface area (Å²) in [6, 6.07) is 0. The molecule has 4 rings (SSSR count). The van der Waals surface area contributed by atoms with Crippen LogP contribution in [-0.4, -0.2) is 38.9 Å². The Morgan fingerprint density at radius 2 is 1.55 bits per heavy atom. The molecule has 4 fully saturated rings. The van der Waals surface area contributed by atoms with Crippen molar-refractivity contribution >= 4 is 0 Å². The number of rotatable bonds is 4. The van der Waals surface area contributed by atoms with E-state index in [1.165, 1.54) is 19.3 Å². The summed E-state index contributed by atoms with van der Waals surface area (Å²) in [7, 11) is 0. The van der Waals surface area contributed by atoms with Gasteiger partial charge in [-0.2, -0.15) is 0 Å². The molecule has 0 amide bonds. The second-order valence-electron chi connectivity index (χ2n) is 11.8. The summed E-state index contributed by atoms with van der Waals surface area (Å²) >= 11 is 0. The molecule has 4 nitrogen and oxygen atoms in total. The van der Waals surface area contributed by atoms with Crippen LogP contribution in [0.5, 0.6) is 0 Å². The van der Waals surface area contributed by atoms with E-state index < -0.39 is 6.29 Å². The molecule has 0 aromatic heterocycles. The van der Waals surface area contributed by atoms with E-state index in [-0.39, 0.29) is 23.0 Å². The molecule has 4 N–H and O–H groups in total. The zero-order chi connectivity index (χ0) is 21.1. The minimum absolute atomic E-state index is 0.193. The number of fused-ring (bicyclic) bond motifs is 5. The van der Waals surface area contributed by atoms with Crippen molar-refractivity contribution in [2.75, 3.05) is 0 Å². The molecular formula is C25H44O4. The van der Waals surface area contributed by atoms with Gasteiger partial charge in [-0.1, -0.05) is 34.1 Å². The highest BCUT2D eigenvalue weighted by Crippen LogP contribution is 2.69. The van der Waals surface area contributed by atoms with E-state index in [1.54, 1.807) is 0 Å². The van der Waals surface area contributed by atoms with Crippen LogP contribution >= 0.6 is 0 Å². The molecule has 4 unspecified atom stereocenters. The normalized spacial score (nSPS) is 53.3. The second-order valence-corrected chi connectivity index (χ2v) is 11.8. The van der Waals surface area contributed by atoms with E-state index in [1.807, 2.05) is 0 Å². The van der Waals surface area contributed by atoms with Crippen LogP contribution in [0.15, 0.2) is 0 Å². The summed E-state index contributed by atoms with van der Waals surface area (Å²) in [5, 5.41) is 41.1. The molecule has 0 aromatic carbocycles. The molecular weight excluding hydrogens is 364 g/mol. The Labute approximate surface area is 177 Å². The minimum atomic E-state index is -1.22. The summed E-state index contributed by atoms with van der Waals surface area (Å²) in [6.45, 7) is 9.34. The topological polar surface area (TPSA) is 80.9 Å². The second kappa shape index (κ2) is 7.76. The van der Waals surface area contributed by atoms with Gasteiger partial charge in [0.05, 0.1) is 12.2 Å². The van der Waals surface area contributed by atoms with Crippen LogP contribution in [0.4, 0.5) is 0 Å². The Hall–Kier alpha value is -0.160. The fourth-order valence-corrected chi connectivity index (χ4v) is 9.43. The van der Waals surface area contributed by atoms with E-state index in [0.717, 1.165) is 32.1 Å². The molecule has 0 bridgehead atoms.